The Hall–Kier alpha value is -6.62. The Bertz CT molecular complexity index is 4200. The maximum Gasteiger partial charge on any atom is 0.296 e. The summed E-state index contributed by atoms with van der Waals surface area (Å²) < 4.78 is 166. The van der Waals surface area contributed by atoms with Gasteiger partial charge in [-0.1, -0.05) is 36.4 Å². The molecule has 340 valence electrons. The van der Waals surface area contributed by atoms with E-state index in [1.54, 1.807) is 0 Å². The molecule has 1 unspecified atom stereocenters. The summed E-state index contributed by atoms with van der Waals surface area (Å²) in [6.07, 6.45) is -0.692. The number of hydrogen-bond acceptors (Lipinski definition) is 17. The van der Waals surface area contributed by atoms with Crippen molar-refractivity contribution in [2.75, 3.05) is 11.1 Å². The molecule has 21 nitrogen and oxygen atoms in total. The lowest BCUT2D eigenvalue weighted by molar-refractivity contribution is 0.0836. The van der Waals surface area contributed by atoms with Crippen LogP contribution in [0.3, 0.4) is 0 Å². The van der Waals surface area contributed by atoms with Crippen molar-refractivity contribution < 1.29 is 75.0 Å². The topological polar surface area (TPSA) is 365 Å². The van der Waals surface area contributed by atoms with E-state index in [1.165, 1.54) is 24.3 Å². The van der Waals surface area contributed by atoms with Crippen molar-refractivity contribution in [3.05, 3.63) is 144 Å². The van der Waals surface area contributed by atoms with E-state index >= 15 is 0 Å². The van der Waals surface area contributed by atoms with Gasteiger partial charge in [0.15, 0.2) is 26.8 Å². The van der Waals surface area contributed by atoms with Gasteiger partial charge in [0.1, 0.15) is 15.6 Å². The fourth-order valence-electron chi connectivity index (χ4n) is 7.81. The van der Waals surface area contributed by atoms with Crippen molar-refractivity contribution in [1.82, 2.24) is 4.98 Å². The molecule has 0 fully saturated rings. The van der Waals surface area contributed by atoms with Crippen LogP contribution in [0.25, 0.3) is 27.4 Å². The van der Waals surface area contributed by atoms with Crippen molar-refractivity contribution in [2.24, 2.45) is 5.92 Å². The first kappa shape index (κ1) is 45.9. The Labute approximate surface area is 370 Å². The van der Waals surface area contributed by atoms with Gasteiger partial charge in [-0.15, -0.1) is 0 Å². The van der Waals surface area contributed by atoms with Crippen LogP contribution in [0.1, 0.15) is 32.7 Å². The molecule has 5 aromatic rings. The van der Waals surface area contributed by atoms with Crippen LogP contribution in [0.5, 0.6) is 0 Å². The molecule has 0 saturated heterocycles. The molecule has 0 bridgehead atoms. The lowest BCUT2D eigenvalue weighted by atomic mass is 9.96. The summed E-state index contributed by atoms with van der Waals surface area (Å²) in [5.74, 6) is -5.42. The molecule has 0 radical (unpaired) electrons. The first-order valence-corrected chi connectivity index (χ1v) is 25.8. The number of sulfone groups is 1. The molecule has 66 heavy (non-hydrogen) atoms. The number of carbonyl (C=O) groups excluding carboxylic acids is 2. The molecule has 0 spiro atoms. The summed E-state index contributed by atoms with van der Waals surface area (Å²) in [5, 5.41) is 11.4. The molecule has 1 heterocycles. The average molecular weight is 999 g/mol. The molecule has 26 heteroatoms. The van der Waals surface area contributed by atoms with Gasteiger partial charge >= 0.3 is 0 Å². The molecule has 0 aromatic heterocycles. The number of aliphatic hydroxyl groups excluding tert-OH is 1. The number of rotatable bonds is 11. The van der Waals surface area contributed by atoms with Gasteiger partial charge in [-0.25, -0.2) is 13.4 Å². The molecule has 8 rings (SSSR count). The first-order chi connectivity index (χ1) is 30.6. The van der Waals surface area contributed by atoms with Gasteiger partial charge < -0.3 is 10.4 Å². The van der Waals surface area contributed by atoms with Crippen molar-refractivity contribution in [1.29, 1.82) is 0 Å². The van der Waals surface area contributed by atoms with E-state index in [0.29, 0.717) is 18.2 Å². The molecular formula is C40H26N2O19S5. The summed E-state index contributed by atoms with van der Waals surface area (Å²) in [6.45, 7) is 0. The third-order valence-corrected chi connectivity index (χ3v) is 16.0. The Morgan fingerprint density at radius 2 is 1.18 bits per heavy atom. The Kier molecular flexibility index (Phi) is 10.8. The second-order valence-corrected chi connectivity index (χ2v) is 22.5. The molecule has 2 aliphatic carbocycles. The zero-order valence-corrected chi connectivity index (χ0v) is 36.7. The number of aliphatic hydroxyl groups is 1. The molecule has 6 N–H and O–H groups in total. The molecular weight excluding hydrogens is 973 g/mol. The van der Waals surface area contributed by atoms with Crippen molar-refractivity contribution >= 4 is 101 Å². The van der Waals surface area contributed by atoms with Gasteiger partial charge in [0.05, 0.1) is 53.9 Å². The van der Waals surface area contributed by atoms with E-state index < -0.39 is 170 Å². The number of Topliss-reactive ketones (excluding diaryl/α,β-unsaturated/α-hetero) is 2. The van der Waals surface area contributed by atoms with Crippen LogP contribution < -0.4 is 21.5 Å². The summed E-state index contributed by atoms with van der Waals surface area (Å²) >= 11 is 0. The van der Waals surface area contributed by atoms with E-state index in [2.05, 4.69) is 10.3 Å². The number of benzene rings is 5. The minimum atomic E-state index is -5.48. The maximum atomic E-state index is 14.5. The number of carbonyl (C=O) groups is 2. The first-order valence-electron chi connectivity index (χ1n) is 18.4. The van der Waals surface area contributed by atoms with Gasteiger partial charge in [-0.3, -0.25) is 37.4 Å². The summed E-state index contributed by atoms with van der Waals surface area (Å²) in [6, 6.07) is 14.4. The number of anilines is 2. The predicted molar refractivity (Wildman–Crippen MR) is 229 cm³/mol. The van der Waals surface area contributed by atoms with Crippen LogP contribution in [0.15, 0.2) is 125 Å². The highest BCUT2D eigenvalue weighted by Crippen LogP contribution is 2.36. The van der Waals surface area contributed by atoms with Crippen LogP contribution >= 0.6 is 0 Å². The van der Waals surface area contributed by atoms with Crippen LogP contribution in [0.4, 0.5) is 11.4 Å². The number of aromatic nitrogens is 1. The zero-order chi connectivity index (χ0) is 48.2. The molecule has 1 aliphatic heterocycles. The van der Waals surface area contributed by atoms with Crippen LogP contribution in [-0.4, -0.2) is 87.7 Å². The molecule has 0 amide bonds. The fraction of sp³-hybridized carbons (Fsp3) is 0.0750. The van der Waals surface area contributed by atoms with Gasteiger partial charge in [0.2, 0.25) is 0 Å². The minimum absolute atomic E-state index is 0.127. The second kappa shape index (κ2) is 15.5. The molecule has 0 saturated carbocycles. The average Bonchev–Trinajstić information content (AvgIpc) is 3.47. The fourth-order valence-corrected chi connectivity index (χ4v) is 11.5. The quantitative estimate of drug-likeness (QED) is 0.0799. The van der Waals surface area contributed by atoms with Crippen molar-refractivity contribution in [3.8, 4) is 0 Å². The van der Waals surface area contributed by atoms with E-state index in [-0.39, 0.29) is 16.3 Å². The highest BCUT2D eigenvalue weighted by Gasteiger charge is 2.40. The largest absolute Gasteiger partial charge is 0.506 e. The van der Waals surface area contributed by atoms with Crippen LogP contribution in [0.2, 0.25) is 0 Å². The third-order valence-electron chi connectivity index (χ3n) is 10.8. The number of hydrogen-bond donors (Lipinski definition) is 6. The second-order valence-electron chi connectivity index (χ2n) is 14.7. The summed E-state index contributed by atoms with van der Waals surface area (Å²) in [5.41, 5.74) is -5.76. The lowest BCUT2D eigenvalue weighted by Crippen LogP contribution is -2.33. The monoisotopic (exact) mass is 998 g/mol. The van der Waals surface area contributed by atoms with Crippen LogP contribution in [-0.2, 0) is 50.3 Å². The molecule has 3 aliphatic rings. The van der Waals surface area contributed by atoms with Gasteiger partial charge in [0, 0.05) is 32.5 Å². The highest BCUT2D eigenvalue weighted by molar-refractivity contribution is 7.91. The van der Waals surface area contributed by atoms with Gasteiger partial charge in [-0.05, 0) is 66.4 Å². The Balaban J connectivity index is 1.34. The third kappa shape index (κ3) is 7.86. The normalized spacial score (nSPS) is 15.4. The van der Waals surface area contributed by atoms with Crippen LogP contribution in [0, 0.1) is 16.4 Å². The zero-order valence-electron chi connectivity index (χ0n) is 32.6. The minimum Gasteiger partial charge on any atom is -0.506 e. The summed E-state index contributed by atoms with van der Waals surface area (Å²) in [7, 11) is -25.2. The van der Waals surface area contributed by atoms with E-state index in [9.17, 15) is 84.6 Å². The summed E-state index contributed by atoms with van der Waals surface area (Å²) in [4.78, 5) is 54.1. The van der Waals surface area contributed by atoms with Gasteiger partial charge in [-0.2, -0.15) is 33.7 Å². The standard InChI is InChI=1S/C40H26N2O19S5/c43-36(18-4-3-5-20(14-18)63(50,51)52)34-31-22-6-1-2-7-23(22)39(46)32-28(17-30(66(59,60)61)35(33(31)32)42-40(34)47)41-27-16-19(9-11-29(27)65(56,57)58)62(48,49)13-12-25-37(44)24-10-8-21(64(53,54)55)15-26(24)38(25)45/h1-11,14-17,25,41,43H,12-13H2,(H,50,51,52)(H,53,54,55)(H,56,57,58)(H,59,60,61). The maximum absolute atomic E-state index is 14.5. The highest BCUT2D eigenvalue weighted by atomic mass is 32.2. The Morgan fingerprint density at radius 3 is 1.82 bits per heavy atom. The van der Waals surface area contributed by atoms with Crippen molar-refractivity contribution in [3.63, 3.8) is 0 Å². The number of ketones is 2. The number of nitrogens with zero attached hydrogens (tertiary/aromatic N) is 1. The van der Waals surface area contributed by atoms with Gasteiger partial charge in [0.25, 0.3) is 46.0 Å². The lowest BCUT2D eigenvalue weighted by Gasteiger charge is -2.17. The smallest absolute Gasteiger partial charge is 0.296 e. The van der Waals surface area contributed by atoms with E-state index in [1.807, 2.05) is 0 Å². The van der Waals surface area contributed by atoms with E-state index in [4.69, 9.17) is 0 Å². The number of nitrogens with one attached hydrogen (secondary N) is 1. The molecule has 5 aromatic carbocycles. The predicted octanol–water partition coefficient (Wildman–Crippen LogP) is 2.29. The van der Waals surface area contributed by atoms with Crippen molar-refractivity contribution in [2.45, 2.75) is 30.9 Å². The van der Waals surface area contributed by atoms with E-state index in [0.717, 1.165) is 48.5 Å². The Morgan fingerprint density at radius 1 is 0.576 bits per heavy atom. The molecule has 1 atom stereocenters. The number of fused-ring (bicyclic) bond motifs is 3. The SMILES string of the molecule is O=C1c2ccc(S(=O)(=O)O)cc2C(=O)C1CCS(=O)(=O)c1ccc(S(=O)(=O)O)c(Nc2cc(S(=O)(=O)O)c3nc(=O)c(=C(O)c4cccc(S(=O)(=O)O)c4)c4c5ccccc5c(=O)c2c3=4)c1.